The zero-order valence-corrected chi connectivity index (χ0v) is 19.4. The molecular weight excluding hydrogens is 438 g/mol. The van der Waals surface area contributed by atoms with Gasteiger partial charge in [-0.25, -0.2) is 8.42 Å². The van der Waals surface area contributed by atoms with Gasteiger partial charge in [0.2, 0.25) is 10.0 Å². The van der Waals surface area contributed by atoms with Crippen LogP contribution in [0.15, 0.2) is 36.4 Å². The Morgan fingerprint density at radius 1 is 1.06 bits per heavy atom. The van der Waals surface area contributed by atoms with Crippen molar-refractivity contribution >= 4 is 38.9 Å². The lowest BCUT2D eigenvalue weighted by Crippen LogP contribution is -2.56. The molecule has 0 radical (unpaired) electrons. The molecule has 2 aliphatic heterocycles. The third-order valence-corrected chi connectivity index (χ3v) is 7.36. The normalized spacial score (nSPS) is 19.1. The lowest BCUT2D eigenvalue weighted by molar-refractivity contribution is -0.138. The molecule has 2 aromatic rings. The van der Waals surface area contributed by atoms with Crippen LogP contribution in [0.3, 0.4) is 0 Å². The van der Waals surface area contributed by atoms with Gasteiger partial charge < -0.3 is 14.5 Å². The number of aryl methyl sites for hydroxylation is 1. The van der Waals surface area contributed by atoms with Crippen molar-refractivity contribution in [2.24, 2.45) is 0 Å². The highest BCUT2D eigenvalue weighted by atomic mass is 35.5. The van der Waals surface area contributed by atoms with Crippen molar-refractivity contribution in [3.05, 3.63) is 52.5 Å². The number of nitrogens with zero attached hydrogens (tertiary/aromatic N) is 3. The van der Waals surface area contributed by atoms with Crippen LogP contribution in [0.4, 0.5) is 11.4 Å². The number of benzene rings is 2. The van der Waals surface area contributed by atoms with E-state index in [4.69, 9.17) is 16.3 Å². The fraction of sp³-hybridized carbons (Fsp3) is 0.409. The second kappa shape index (κ2) is 8.24. The van der Waals surface area contributed by atoms with Gasteiger partial charge in [0.1, 0.15) is 5.75 Å². The Morgan fingerprint density at radius 2 is 1.77 bits per heavy atom. The van der Waals surface area contributed by atoms with Crippen molar-refractivity contribution < 1.29 is 17.9 Å². The molecule has 9 heteroatoms. The number of fused-ring (bicyclic) bond motifs is 1. The summed E-state index contributed by atoms with van der Waals surface area (Å²) in [5, 5.41) is 0.406. The topological polar surface area (TPSA) is 70.2 Å². The molecule has 1 amide bonds. The second-order valence-corrected chi connectivity index (χ2v) is 10.4. The summed E-state index contributed by atoms with van der Waals surface area (Å²) >= 11 is 6.04. The highest BCUT2D eigenvalue weighted by molar-refractivity contribution is 7.92. The number of ether oxygens (including phenoxy) is 1. The van der Waals surface area contributed by atoms with Crippen molar-refractivity contribution in [1.29, 1.82) is 0 Å². The van der Waals surface area contributed by atoms with E-state index in [1.54, 1.807) is 23.1 Å². The average molecular weight is 464 g/mol. The van der Waals surface area contributed by atoms with Gasteiger partial charge in [0.15, 0.2) is 6.10 Å². The van der Waals surface area contributed by atoms with Gasteiger partial charge in [0.25, 0.3) is 5.91 Å². The number of anilines is 2. The van der Waals surface area contributed by atoms with Gasteiger partial charge in [-0.05, 0) is 49.2 Å². The second-order valence-electron chi connectivity index (χ2n) is 8.04. The standard InChI is InChI=1S/C22H26ClN3O4S/c1-15-5-4-6-18(16(15)2)24-9-11-25(12-10-24)22(27)21-14-26(31(3,28)29)19-13-17(23)7-8-20(19)30-21/h4-8,13,21H,9-12,14H2,1-3H3/t21-/m1/s1. The first kappa shape index (κ1) is 21.8. The van der Waals surface area contributed by atoms with Crippen LogP contribution in [-0.2, 0) is 14.8 Å². The quantitative estimate of drug-likeness (QED) is 0.700. The fourth-order valence-corrected chi connectivity index (χ4v) is 5.19. The molecule has 4 rings (SSSR count). The molecule has 2 heterocycles. The number of hydrogen-bond acceptors (Lipinski definition) is 5. The van der Waals surface area contributed by atoms with E-state index in [9.17, 15) is 13.2 Å². The summed E-state index contributed by atoms with van der Waals surface area (Å²) in [5.74, 6) is 0.142. The lowest BCUT2D eigenvalue weighted by Gasteiger charge is -2.40. The van der Waals surface area contributed by atoms with Crippen molar-refractivity contribution in [1.82, 2.24) is 4.90 Å². The molecule has 31 heavy (non-hydrogen) atoms. The Hall–Kier alpha value is -2.45. The molecule has 0 saturated carbocycles. The summed E-state index contributed by atoms with van der Waals surface area (Å²) in [4.78, 5) is 17.2. The summed E-state index contributed by atoms with van der Waals surface area (Å²) in [6, 6.07) is 11.0. The van der Waals surface area contributed by atoms with Crippen LogP contribution in [-0.4, -0.2) is 64.3 Å². The van der Waals surface area contributed by atoms with Gasteiger partial charge in [-0.15, -0.1) is 0 Å². The van der Waals surface area contributed by atoms with Crippen LogP contribution in [0.5, 0.6) is 5.75 Å². The summed E-state index contributed by atoms with van der Waals surface area (Å²) in [5.41, 5.74) is 4.04. The first-order valence-electron chi connectivity index (χ1n) is 10.2. The third kappa shape index (κ3) is 4.32. The van der Waals surface area contributed by atoms with Crippen molar-refractivity contribution in [2.45, 2.75) is 20.0 Å². The highest BCUT2D eigenvalue weighted by Gasteiger charge is 2.38. The van der Waals surface area contributed by atoms with Crippen LogP contribution in [0.1, 0.15) is 11.1 Å². The van der Waals surface area contributed by atoms with E-state index in [1.165, 1.54) is 21.1 Å². The number of carbonyl (C=O) groups is 1. The fourth-order valence-electron chi connectivity index (χ4n) is 4.12. The molecule has 166 valence electrons. The van der Waals surface area contributed by atoms with Crippen LogP contribution in [0, 0.1) is 13.8 Å². The molecular formula is C22H26ClN3O4S. The molecule has 0 unspecified atom stereocenters. The number of halogens is 1. The summed E-state index contributed by atoms with van der Waals surface area (Å²) < 4.78 is 31.8. The Labute approximate surface area is 188 Å². The number of piperazine rings is 1. The predicted molar refractivity (Wildman–Crippen MR) is 123 cm³/mol. The number of sulfonamides is 1. The minimum absolute atomic E-state index is 0.0673. The molecule has 0 aliphatic carbocycles. The van der Waals surface area contributed by atoms with Crippen molar-refractivity contribution in [3.63, 3.8) is 0 Å². The van der Waals surface area contributed by atoms with E-state index in [2.05, 4.69) is 36.9 Å². The van der Waals surface area contributed by atoms with Crippen molar-refractivity contribution in [3.8, 4) is 5.75 Å². The molecule has 1 saturated heterocycles. The number of hydrogen-bond donors (Lipinski definition) is 0. The Kier molecular flexibility index (Phi) is 5.79. The monoisotopic (exact) mass is 463 g/mol. The smallest absolute Gasteiger partial charge is 0.265 e. The van der Waals surface area contributed by atoms with Gasteiger partial charge in [-0.2, -0.15) is 0 Å². The number of rotatable bonds is 3. The molecule has 7 nitrogen and oxygen atoms in total. The molecule has 0 spiro atoms. The molecule has 0 N–H and O–H groups in total. The Balaban J connectivity index is 1.49. The molecule has 1 fully saturated rings. The zero-order valence-electron chi connectivity index (χ0n) is 17.8. The van der Waals surface area contributed by atoms with E-state index < -0.39 is 16.1 Å². The van der Waals surface area contributed by atoms with Gasteiger partial charge in [0.05, 0.1) is 18.5 Å². The minimum Gasteiger partial charge on any atom is -0.476 e. The number of amides is 1. The summed E-state index contributed by atoms with van der Waals surface area (Å²) in [7, 11) is -3.59. The summed E-state index contributed by atoms with van der Waals surface area (Å²) in [6.07, 6.45) is 0.226. The van der Waals surface area contributed by atoms with Crippen LogP contribution in [0.2, 0.25) is 5.02 Å². The number of carbonyl (C=O) groups excluding carboxylic acids is 1. The van der Waals surface area contributed by atoms with Gasteiger partial charge in [0, 0.05) is 36.9 Å². The van der Waals surface area contributed by atoms with E-state index in [0.29, 0.717) is 42.6 Å². The third-order valence-electron chi connectivity index (χ3n) is 5.97. The first-order chi connectivity index (χ1) is 14.6. The van der Waals surface area contributed by atoms with E-state index in [-0.39, 0.29) is 12.5 Å². The highest BCUT2D eigenvalue weighted by Crippen LogP contribution is 2.37. The van der Waals surface area contributed by atoms with Gasteiger partial charge in [-0.1, -0.05) is 23.7 Å². The molecule has 1 atom stereocenters. The average Bonchev–Trinajstić information content (AvgIpc) is 2.74. The Bertz CT molecular complexity index is 1110. The minimum atomic E-state index is -3.59. The Morgan fingerprint density at radius 3 is 2.45 bits per heavy atom. The van der Waals surface area contributed by atoms with E-state index in [0.717, 1.165) is 6.26 Å². The van der Waals surface area contributed by atoms with E-state index in [1.807, 2.05) is 0 Å². The maximum atomic E-state index is 13.2. The maximum absolute atomic E-state index is 13.2. The van der Waals surface area contributed by atoms with Crippen molar-refractivity contribution in [2.75, 3.05) is 48.2 Å². The van der Waals surface area contributed by atoms with Gasteiger partial charge in [-0.3, -0.25) is 9.10 Å². The molecule has 0 aromatic heterocycles. The molecule has 2 aromatic carbocycles. The zero-order chi connectivity index (χ0) is 22.3. The van der Waals surface area contributed by atoms with Crippen LogP contribution >= 0.6 is 11.6 Å². The van der Waals surface area contributed by atoms with Gasteiger partial charge >= 0.3 is 0 Å². The largest absolute Gasteiger partial charge is 0.476 e. The molecule has 2 aliphatic rings. The van der Waals surface area contributed by atoms with Crippen LogP contribution in [0.25, 0.3) is 0 Å². The summed E-state index contributed by atoms with van der Waals surface area (Å²) in [6.45, 7) is 6.67. The maximum Gasteiger partial charge on any atom is 0.265 e. The van der Waals surface area contributed by atoms with E-state index >= 15 is 0 Å². The first-order valence-corrected chi connectivity index (χ1v) is 12.4. The lowest BCUT2D eigenvalue weighted by atomic mass is 10.1. The predicted octanol–water partition coefficient (Wildman–Crippen LogP) is 2.83. The van der Waals surface area contributed by atoms with Crippen LogP contribution < -0.4 is 13.9 Å². The SMILES string of the molecule is Cc1cccc(N2CCN(C(=O)[C@H]3CN(S(C)(=O)=O)c4cc(Cl)ccc4O3)CC2)c1C. The molecule has 0 bridgehead atoms.